The lowest BCUT2D eigenvalue weighted by Crippen LogP contribution is -2.28. The van der Waals surface area contributed by atoms with Gasteiger partial charge in [0.1, 0.15) is 4.90 Å². The summed E-state index contributed by atoms with van der Waals surface area (Å²) in [5, 5.41) is 8.47. The molecule has 1 aromatic carbocycles. The number of sulfonamides is 1. The summed E-state index contributed by atoms with van der Waals surface area (Å²) in [6, 6.07) is 5.30. The number of nitrogens with zero attached hydrogens (tertiary/aromatic N) is 1. The van der Waals surface area contributed by atoms with Gasteiger partial charge in [0, 0.05) is 0 Å². The molecule has 0 atom stereocenters. The Kier molecular flexibility index (Phi) is 4.40. The van der Waals surface area contributed by atoms with Crippen LogP contribution in [0.15, 0.2) is 23.1 Å². The molecule has 0 heterocycles. The Bertz CT molecular complexity index is 555. The highest BCUT2D eigenvalue weighted by atomic mass is 35.5. The van der Waals surface area contributed by atoms with Gasteiger partial charge in [-0.1, -0.05) is 11.6 Å². The number of nitrogens with one attached hydrogen (secondary N) is 1. The van der Waals surface area contributed by atoms with Crippen LogP contribution in [0.4, 0.5) is 8.78 Å². The molecule has 1 N–H and O–H groups in total. The van der Waals surface area contributed by atoms with Crippen LogP contribution in [0.25, 0.3) is 0 Å². The average Bonchev–Trinajstić information content (AvgIpc) is 2.27. The summed E-state index contributed by atoms with van der Waals surface area (Å²) < 4.78 is 48.7. The Balaban J connectivity index is 3.11. The zero-order valence-electron chi connectivity index (χ0n) is 8.32. The van der Waals surface area contributed by atoms with Crippen LogP contribution in [-0.4, -0.2) is 21.4 Å². The van der Waals surface area contributed by atoms with Crippen molar-refractivity contribution in [1.82, 2.24) is 4.72 Å². The van der Waals surface area contributed by atoms with Gasteiger partial charge in [0.05, 0.1) is 23.2 Å². The number of hydrogen-bond acceptors (Lipinski definition) is 3. The normalized spacial score (nSPS) is 11.5. The number of rotatable bonds is 4. The Labute approximate surface area is 102 Å². The third-order valence-electron chi connectivity index (χ3n) is 1.78. The quantitative estimate of drug-likeness (QED) is 0.913. The zero-order chi connectivity index (χ0) is 13.1. The first-order chi connectivity index (χ1) is 7.86. The Morgan fingerprint density at radius 1 is 1.47 bits per heavy atom. The van der Waals surface area contributed by atoms with Crippen LogP contribution in [-0.2, 0) is 10.0 Å². The summed E-state index contributed by atoms with van der Waals surface area (Å²) in [5.74, 6) is 0. The minimum absolute atomic E-state index is 0.0758. The molecular weight excluding hydrogens is 274 g/mol. The standard InChI is InChI=1S/C9H7ClF2N2O2S/c10-7-2-1-6(4-13)3-8(7)17(15,16)14-5-9(11)12/h1-3,9,14H,5H2. The van der Waals surface area contributed by atoms with E-state index in [1.54, 1.807) is 10.8 Å². The molecule has 0 aromatic heterocycles. The van der Waals surface area contributed by atoms with Gasteiger partial charge in [-0.25, -0.2) is 21.9 Å². The van der Waals surface area contributed by atoms with E-state index in [0.717, 1.165) is 6.07 Å². The van der Waals surface area contributed by atoms with Crippen LogP contribution in [0.3, 0.4) is 0 Å². The van der Waals surface area contributed by atoms with Gasteiger partial charge in [-0.2, -0.15) is 5.26 Å². The molecule has 17 heavy (non-hydrogen) atoms. The molecule has 0 radical (unpaired) electrons. The molecule has 0 fully saturated rings. The molecule has 0 amide bonds. The van der Waals surface area contributed by atoms with Crippen LogP contribution in [0.5, 0.6) is 0 Å². The number of alkyl halides is 2. The van der Waals surface area contributed by atoms with E-state index in [4.69, 9.17) is 16.9 Å². The molecule has 8 heteroatoms. The van der Waals surface area contributed by atoms with Crippen molar-refractivity contribution in [1.29, 1.82) is 5.26 Å². The minimum atomic E-state index is -4.13. The van der Waals surface area contributed by atoms with Crippen LogP contribution in [0, 0.1) is 11.3 Å². The number of hydrogen-bond donors (Lipinski definition) is 1. The summed E-state index contributed by atoms with van der Waals surface area (Å²) in [6.45, 7) is -1.00. The molecule has 0 spiro atoms. The molecular formula is C9H7ClF2N2O2S. The molecule has 0 saturated carbocycles. The maximum atomic E-state index is 11.9. The fraction of sp³-hybridized carbons (Fsp3) is 0.222. The molecule has 1 rings (SSSR count). The number of nitriles is 1. The Morgan fingerprint density at radius 2 is 2.12 bits per heavy atom. The SMILES string of the molecule is N#Cc1ccc(Cl)c(S(=O)(=O)NCC(F)F)c1. The second kappa shape index (κ2) is 5.40. The van der Waals surface area contributed by atoms with Crippen molar-refractivity contribution in [2.24, 2.45) is 0 Å². The number of benzene rings is 1. The van der Waals surface area contributed by atoms with E-state index < -0.39 is 23.0 Å². The third-order valence-corrected chi connectivity index (χ3v) is 3.68. The largest absolute Gasteiger partial charge is 0.251 e. The smallest absolute Gasteiger partial charge is 0.209 e. The molecule has 1 aromatic rings. The molecule has 0 aliphatic heterocycles. The van der Waals surface area contributed by atoms with E-state index in [1.165, 1.54) is 12.1 Å². The highest BCUT2D eigenvalue weighted by Gasteiger charge is 2.19. The monoisotopic (exact) mass is 280 g/mol. The summed E-state index contributed by atoms with van der Waals surface area (Å²) >= 11 is 5.64. The van der Waals surface area contributed by atoms with Gasteiger partial charge >= 0.3 is 0 Å². The van der Waals surface area contributed by atoms with Crippen LogP contribution in [0.1, 0.15) is 5.56 Å². The van der Waals surface area contributed by atoms with Gasteiger partial charge in [0.25, 0.3) is 6.43 Å². The fourth-order valence-corrected chi connectivity index (χ4v) is 2.56. The van der Waals surface area contributed by atoms with Crippen molar-refractivity contribution < 1.29 is 17.2 Å². The first-order valence-corrected chi connectivity index (χ1v) is 6.20. The van der Waals surface area contributed by atoms with Crippen molar-refractivity contribution in [3.63, 3.8) is 0 Å². The second-order valence-electron chi connectivity index (χ2n) is 3.00. The molecule has 0 aliphatic rings. The molecule has 4 nitrogen and oxygen atoms in total. The lowest BCUT2D eigenvalue weighted by Gasteiger charge is -2.07. The zero-order valence-corrected chi connectivity index (χ0v) is 9.89. The lowest BCUT2D eigenvalue weighted by molar-refractivity contribution is 0.153. The summed E-state index contributed by atoms with van der Waals surface area (Å²) in [5.41, 5.74) is 0.0758. The first-order valence-electron chi connectivity index (χ1n) is 4.34. The summed E-state index contributed by atoms with van der Waals surface area (Å²) in [4.78, 5) is -0.390. The Hall–Kier alpha value is -1.23. The topological polar surface area (TPSA) is 70.0 Å². The molecule has 0 bridgehead atoms. The Morgan fingerprint density at radius 3 is 2.65 bits per heavy atom. The maximum absolute atomic E-state index is 11.9. The average molecular weight is 281 g/mol. The van der Waals surface area contributed by atoms with Gasteiger partial charge < -0.3 is 0 Å². The van der Waals surface area contributed by atoms with E-state index in [2.05, 4.69) is 0 Å². The van der Waals surface area contributed by atoms with Gasteiger partial charge in [0.15, 0.2) is 0 Å². The van der Waals surface area contributed by atoms with E-state index in [-0.39, 0.29) is 15.5 Å². The van der Waals surface area contributed by atoms with E-state index in [0.29, 0.717) is 0 Å². The summed E-state index contributed by atoms with van der Waals surface area (Å²) in [6.07, 6.45) is -2.80. The predicted molar refractivity (Wildman–Crippen MR) is 57.4 cm³/mol. The van der Waals surface area contributed by atoms with E-state index in [9.17, 15) is 17.2 Å². The molecule has 0 saturated heterocycles. The summed E-state index contributed by atoms with van der Waals surface area (Å²) in [7, 11) is -4.13. The molecule has 0 aliphatic carbocycles. The third kappa shape index (κ3) is 3.63. The highest BCUT2D eigenvalue weighted by molar-refractivity contribution is 7.89. The number of halogens is 3. The van der Waals surface area contributed by atoms with Crippen molar-refractivity contribution in [3.05, 3.63) is 28.8 Å². The second-order valence-corrected chi connectivity index (χ2v) is 5.14. The van der Waals surface area contributed by atoms with Gasteiger partial charge in [-0.05, 0) is 18.2 Å². The maximum Gasteiger partial charge on any atom is 0.251 e. The van der Waals surface area contributed by atoms with Crippen LogP contribution >= 0.6 is 11.6 Å². The van der Waals surface area contributed by atoms with E-state index in [1.807, 2.05) is 0 Å². The highest BCUT2D eigenvalue weighted by Crippen LogP contribution is 2.22. The molecule has 92 valence electrons. The fourth-order valence-electron chi connectivity index (χ4n) is 1.03. The van der Waals surface area contributed by atoms with Crippen molar-refractivity contribution in [2.45, 2.75) is 11.3 Å². The van der Waals surface area contributed by atoms with Crippen LogP contribution in [0.2, 0.25) is 5.02 Å². The van der Waals surface area contributed by atoms with E-state index >= 15 is 0 Å². The molecule has 0 unspecified atom stereocenters. The van der Waals surface area contributed by atoms with Crippen molar-refractivity contribution in [2.75, 3.05) is 6.54 Å². The van der Waals surface area contributed by atoms with Crippen molar-refractivity contribution >= 4 is 21.6 Å². The minimum Gasteiger partial charge on any atom is -0.209 e. The van der Waals surface area contributed by atoms with Gasteiger partial charge in [0.2, 0.25) is 10.0 Å². The van der Waals surface area contributed by atoms with Gasteiger partial charge in [-0.3, -0.25) is 0 Å². The lowest BCUT2D eigenvalue weighted by atomic mass is 10.2. The van der Waals surface area contributed by atoms with Crippen LogP contribution < -0.4 is 4.72 Å². The van der Waals surface area contributed by atoms with Gasteiger partial charge in [-0.15, -0.1) is 0 Å². The van der Waals surface area contributed by atoms with Crippen molar-refractivity contribution in [3.8, 4) is 6.07 Å². The first kappa shape index (κ1) is 13.8. The predicted octanol–water partition coefficient (Wildman–Crippen LogP) is 1.76.